The van der Waals surface area contributed by atoms with Crippen LogP contribution >= 0.6 is 11.6 Å². The van der Waals surface area contributed by atoms with Crippen LogP contribution in [0.5, 0.6) is 5.88 Å². The number of hydrogen-bond donors (Lipinski definition) is 1. The van der Waals surface area contributed by atoms with Crippen molar-refractivity contribution in [1.82, 2.24) is 19.7 Å². The molecule has 6 nitrogen and oxygen atoms in total. The number of aromatic amines is 1. The van der Waals surface area contributed by atoms with Crippen LogP contribution in [0.1, 0.15) is 16.1 Å². The van der Waals surface area contributed by atoms with Crippen LogP contribution in [0, 0.1) is 6.92 Å². The maximum atomic E-state index is 12.4. The van der Waals surface area contributed by atoms with Crippen molar-refractivity contribution in [3.63, 3.8) is 0 Å². The van der Waals surface area contributed by atoms with Crippen molar-refractivity contribution in [2.45, 2.75) is 6.92 Å². The van der Waals surface area contributed by atoms with E-state index in [0.29, 0.717) is 22.2 Å². The van der Waals surface area contributed by atoms with Crippen LogP contribution in [0.2, 0.25) is 5.02 Å². The minimum absolute atomic E-state index is 0.279. The Morgan fingerprint density at radius 1 is 1.16 bits per heavy atom. The Balaban J connectivity index is 1.70. The second-order valence-corrected chi connectivity index (χ2v) is 5.95. The zero-order valence-electron chi connectivity index (χ0n) is 13.2. The summed E-state index contributed by atoms with van der Waals surface area (Å²) in [5.41, 5.74) is 2.74. The Bertz CT molecular complexity index is 1050. The summed E-state index contributed by atoms with van der Waals surface area (Å²) in [6.07, 6.45) is 0. The van der Waals surface area contributed by atoms with Gasteiger partial charge >= 0.3 is 5.97 Å². The van der Waals surface area contributed by atoms with E-state index < -0.39 is 5.97 Å². The van der Waals surface area contributed by atoms with Gasteiger partial charge in [0.05, 0.1) is 22.3 Å². The zero-order valence-corrected chi connectivity index (χ0v) is 14.0. The summed E-state index contributed by atoms with van der Waals surface area (Å²) in [4.78, 5) is 20.0. The van der Waals surface area contributed by atoms with Crippen molar-refractivity contribution in [2.24, 2.45) is 0 Å². The summed E-state index contributed by atoms with van der Waals surface area (Å²) in [6, 6.07) is 15.9. The molecule has 0 aliphatic heterocycles. The molecule has 0 saturated heterocycles. The SMILES string of the molecule is Cc1cc(OC(=O)c2cccc(Cl)c2)n(-c2nc3ccccc3[nH]2)n1. The van der Waals surface area contributed by atoms with Crippen molar-refractivity contribution in [2.75, 3.05) is 0 Å². The van der Waals surface area contributed by atoms with Crippen molar-refractivity contribution in [3.8, 4) is 11.8 Å². The minimum atomic E-state index is -0.514. The maximum Gasteiger partial charge on any atom is 0.344 e. The fourth-order valence-corrected chi connectivity index (χ4v) is 2.70. The van der Waals surface area contributed by atoms with Crippen LogP contribution in [0.4, 0.5) is 0 Å². The third kappa shape index (κ3) is 2.99. The first-order chi connectivity index (χ1) is 12.1. The molecule has 2 heterocycles. The number of fused-ring (bicyclic) bond motifs is 1. The Morgan fingerprint density at radius 3 is 2.80 bits per heavy atom. The highest BCUT2D eigenvalue weighted by Crippen LogP contribution is 2.21. The van der Waals surface area contributed by atoms with Gasteiger partial charge in [0.25, 0.3) is 0 Å². The summed E-state index contributed by atoms with van der Waals surface area (Å²) >= 11 is 5.93. The van der Waals surface area contributed by atoms with Gasteiger partial charge in [-0.3, -0.25) is 0 Å². The van der Waals surface area contributed by atoms with Gasteiger partial charge in [0, 0.05) is 11.1 Å². The van der Waals surface area contributed by atoms with Crippen LogP contribution in [-0.4, -0.2) is 25.7 Å². The number of hydrogen-bond acceptors (Lipinski definition) is 4. The highest BCUT2D eigenvalue weighted by atomic mass is 35.5. The molecule has 0 unspecified atom stereocenters. The number of aromatic nitrogens is 4. The van der Waals surface area contributed by atoms with Gasteiger partial charge in [0.1, 0.15) is 0 Å². The molecule has 0 fully saturated rings. The lowest BCUT2D eigenvalue weighted by Gasteiger charge is -2.05. The van der Waals surface area contributed by atoms with E-state index in [0.717, 1.165) is 11.0 Å². The number of nitrogens with zero attached hydrogens (tertiary/aromatic N) is 3. The third-order valence-corrected chi connectivity index (χ3v) is 3.87. The predicted molar refractivity (Wildman–Crippen MR) is 94.4 cm³/mol. The lowest BCUT2D eigenvalue weighted by molar-refractivity contribution is 0.0722. The zero-order chi connectivity index (χ0) is 17.4. The van der Waals surface area contributed by atoms with E-state index in [9.17, 15) is 4.79 Å². The number of imidazole rings is 1. The Hall–Kier alpha value is -3.12. The molecule has 2 aromatic heterocycles. The number of para-hydroxylation sites is 2. The number of ether oxygens (including phenoxy) is 1. The molecule has 0 radical (unpaired) electrons. The van der Waals surface area contributed by atoms with Gasteiger partial charge in [-0.15, -0.1) is 0 Å². The highest BCUT2D eigenvalue weighted by Gasteiger charge is 2.17. The fourth-order valence-electron chi connectivity index (χ4n) is 2.51. The number of nitrogens with one attached hydrogen (secondary N) is 1. The van der Waals surface area contributed by atoms with Gasteiger partial charge in [0.2, 0.25) is 11.8 Å². The second-order valence-electron chi connectivity index (χ2n) is 5.51. The van der Waals surface area contributed by atoms with Crippen molar-refractivity contribution >= 4 is 28.6 Å². The van der Waals surface area contributed by atoms with Gasteiger partial charge in [0.15, 0.2) is 0 Å². The molecule has 0 bridgehead atoms. The average molecular weight is 353 g/mol. The van der Waals surface area contributed by atoms with Crippen LogP contribution < -0.4 is 4.74 Å². The van der Waals surface area contributed by atoms with Crippen LogP contribution in [0.3, 0.4) is 0 Å². The number of halogens is 1. The number of carbonyl (C=O) groups excluding carboxylic acids is 1. The number of benzene rings is 2. The van der Waals surface area contributed by atoms with E-state index in [1.165, 1.54) is 4.68 Å². The normalized spacial score (nSPS) is 11.0. The quantitative estimate of drug-likeness (QED) is 0.567. The fraction of sp³-hybridized carbons (Fsp3) is 0.0556. The summed E-state index contributed by atoms with van der Waals surface area (Å²) in [5, 5.41) is 4.83. The Morgan fingerprint density at radius 2 is 2.00 bits per heavy atom. The van der Waals surface area contributed by atoms with E-state index >= 15 is 0 Å². The first-order valence-electron chi connectivity index (χ1n) is 7.60. The molecule has 124 valence electrons. The Labute approximate surface area is 148 Å². The molecule has 2 aromatic carbocycles. The third-order valence-electron chi connectivity index (χ3n) is 3.63. The summed E-state index contributed by atoms with van der Waals surface area (Å²) < 4.78 is 6.97. The lowest BCUT2D eigenvalue weighted by atomic mass is 10.2. The van der Waals surface area contributed by atoms with Gasteiger partial charge in [-0.05, 0) is 37.3 Å². The first-order valence-corrected chi connectivity index (χ1v) is 7.97. The number of rotatable bonds is 3. The number of carbonyl (C=O) groups is 1. The van der Waals surface area contributed by atoms with Gasteiger partial charge in [-0.25, -0.2) is 9.78 Å². The standard InChI is InChI=1S/C18H13ClN4O2/c1-11-9-16(25-17(24)12-5-4-6-13(19)10-12)23(22-11)18-20-14-7-2-3-8-15(14)21-18/h2-10H,1H3,(H,20,21). The highest BCUT2D eigenvalue weighted by molar-refractivity contribution is 6.30. The number of aryl methyl sites for hydroxylation is 1. The first kappa shape index (κ1) is 15.4. The molecule has 0 saturated carbocycles. The van der Waals surface area contributed by atoms with Crippen LogP contribution in [0.25, 0.3) is 17.0 Å². The molecule has 0 spiro atoms. The van der Waals surface area contributed by atoms with Crippen molar-refractivity contribution in [3.05, 3.63) is 70.9 Å². The van der Waals surface area contributed by atoms with Gasteiger partial charge in [-0.2, -0.15) is 9.78 Å². The molecule has 0 atom stereocenters. The molecule has 0 amide bonds. The summed E-state index contributed by atoms with van der Waals surface area (Å²) in [7, 11) is 0. The van der Waals surface area contributed by atoms with Gasteiger partial charge < -0.3 is 9.72 Å². The van der Waals surface area contributed by atoms with E-state index in [-0.39, 0.29) is 5.88 Å². The van der Waals surface area contributed by atoms with Crippen molar-refractivity contribution in [1.29, 1.82) is 0 Å². The van der Waals surface area contributed by atoms with E-state index in [1.54, 1.807) is 30.3 Å². The molecule has 0 aliphatic rings. The van der Waals surface area contributed by atoms with E-state index in [4.69, 9.17) is 16.3 Å². The van der Waals surface area contributed by atoms with Crippen LogP contribution in [0.15, 0.2) is 54.6 Å². The monoisotopic (exact) mass is 352 g/mol. The smallest absolute Gasteiger partial charge is 0.344 e. The topological polar surface area (TPSA) is 72.8 Å². The minimum Gasteiger partial charge on any atom is -0.404 e. The lowest BCUT2D eigenvalue weighted by Crippen LogP contribution is -2.12. The average Bonchev–Trinajstić information content (AvgIpc) is 3.17. The van der Waals surface area contributed by atoms with E-state index in [2.05, 4.69) is 15.1 Å². The molecule has 0 aliphatic carbocycles. The molecule has 25 heavy (non-hydrogen) atoms. The summed E-state index contributed by atoms with van der Waals surface area (Å²) in [5.74, 6) is 0.240. The molecular weight excluding hydrogens is 340 g/mol. The second kappa shape index (κ2) is 6.07. The van der Waals surface area contributed by atoms with Gasteiger partial charge in [-0.1, -0.05) is 29.8 Å². The predicted octanol–water partition coefficient (Wildman–Crippen LogP) is 3.93. The number of H-pyrrole nitrogens is 1. The molecule has 4 aromatic rings. The molecule has 4 rings (SSSR count). The molecule has 1 N–H and O–H groups in total. The Kier molecular flexibility index (Phi) is 3.74. The van der Waals surface area contributed by atoms with E-state index in [1.807, 2.05) is 31.2 Å². The molecule has 7 heteroatoms. The largest absolute Gasteiger partial charge is 0.404 e. The molecular formula is C18H13ClN4O2. The summed E-state index contributed by atoms with van der Waals surface area (Å²) in [6.45, 7) is 1.82. The maximum absolute atomic E-state index is 12.4. The van der Waals surface area contributed by atoms with Crippen LogP contribution in [-0.2, 0) is 0 Å². The number of esters is 1. The van der Waals surface area contributed by atoms with Crippen molar-refractivity contribution < 1.29 is 9.53 Å².